The first kappa shape index (κ1) is 13.3. The number of aromatic amines is 1. The summed E-state index contributed by atoms with van der Waals surface area (Å²) in [6, 6.07) is 8.72. The van der Waals surface area contributed by atoms with E-state index in [9.17, 15) is 10.2 Å². The maximum atomic E-state index is 10.1. The van der Waals surface area contributed by atoms with E-state index in [0.29, 0.717) is 17.7 Å². The Bertz CT molecular complexity index is 809. The minimum absolute atomic E-state index is 0.00826. The molecule has 1 heterocycles. The fourth-order valence-corrected chi connectivity index (χ4v) is 2.43. The van der Waals surface area contributed by atoms with Crippen molar-refractivity contribution in [1.82, 2.24) is 10.2 Å². The van der Waals surface area contributed by atoms with E-state index in [-0.39, 0.29) is 11.5 Å². The average Bonchev–Trinajstić information content (AvgIpc) is 2.90. The lowest BCUT2D eigenvalue weighted by Gasteiger charge is -2.07. The number of methoxy groups -OCH3 is 1. The highest BCUT2D eigenvalue weighted by molar-refractivity contribution is 5.95. The Hall–Kier alpha value is -2.69. The SMILES string of the molecule is CCc1cc(-c2n[nH]c3cc(OC)ccc23)c(O)cc1O. The number of aromatic hydroxyl groups is 2. The second kappa shape index (κ2) is 5.01. The van der Waals surface area contributed by atoms with E-state index in [1.54, 1.807) is 13.2 Å². The van der Waals surface area contributed by atoms with Crippen LogP contribution in [-0.4, -0.2) is 27.5 Å². The van der Waals surface area contributed by atoms with Gasteiger partial charge in [0.2, 0.25) is 0 Å². The number of nitrogens with one attached hydrogen (secondary N) is 1. The lowest BCUT2D eigenvalue weighted by molar-refractivity contribution is 0.415. The molecule has 0 radical (unpaired) electrons. The van der Waals surface area contributed by atoms with Crippen molar-refractivity contribution in [3.8, 4) is 28.5 Å². The molecule has 0 atom stereocenters. The average molecular weight is 284 g/mol. The lowest BCUT2D eigenvalue weighted by Crippen LogP contribution is -1.87. The highest BCUT2D eigenvalue weighted by atomic mass is 16.5. The zero-order valence-electron chi connectivity index (χ0n) is 11.8. The highest BCUT2D eigenvalue weighted by Crippen LogP contribution is 2.37. The first-order chi connectivity index (χ1) is 10.1. The van der Waals surface area contributed by atoms with Crippen molar-refractivity contribution in [2.45, 2.75) is 13.3 Å². The molecule has 2 aromatic carbocycles. The Balaban J connectivity index is 2.21. The standard InChI is InChI=1S/C16H16N2O3/c1-3-9-6-12(15(20)8-14(9)19)16-11-5-4-10(21-2)7-13(11)17-18-16/h4-8,19-20H,3H2,1-2H3,(H,17,18). The van der Waals surface area contributed by atoms with Gasteiger partial charge in [-0.1, -0.05) is 6.92 Å². The van der Waals surface area contributed by atoms with E-state index < -0.39 is 0 Å². The van der Waals surface area contributed by atoms with Gasteiger partial charge in [0.15, 0.2) is 0 Å². The fraction of sp³-hybridized carbons (Fsp3) is 0.188. The third-order valence-corrected chi connectivity index (χ3v) is 3.60. The largest absolute Gasteiger partial charge is 0.508 e. The third kappa shape index (κ3) is 2.16. The molecule has 0 saturated carbocycles. The molecule has 5 heteroatoms. The Morgan fingerprint density at radius 3 is 2.67 bits per heavy atom. The number of rotatable bonds is 3. The van der Waals surface area contributed by atoms with Crippen LogP contribution in [0.4, 0.5) is 0 Å². The van der Waals surface area contributed by atoms with E-state index in [4.69, 9.17) is 4.74 Å². The molecule has 3 aromatic rings. The molecule has 0 aliphatic carbocycles. The van der Waals surface area contributed by atoms with E-state index in [1.807, 2.05) is 25.1 Å². The van der Waals surface area contributed by atoms with Gasteiger partial charge in [0.05, 0.1) is 12.6 Å². The van der Waals surface area contributed by atoms with Gasteiger partial charge >= 0.3 is 0 Å². The summed E-state index contributed by atoms with van der Waals surface area (Å²) in [5, 5.41) is 28.0. The Labute approximate surface area is 121 Å². The van der Waals surface area contributed by atoms with Crippen molar-refractivity contribution in [3.05, 3.63) is 35.9 Å². The molecule has 0 aliphatic heterocycles. The van der Waals surface area contributed by atoms with Gasteiger partial charge in [0.25, 0.3) is 0 Å². The molecule has 0 aliphatic rings. The Kier molecular flexibility index (Phi) is 3.17. The minimum Gasteiger partial charge on any atom is -0.508 e. The fourth-order valence-electron chi connectivity index (χ4n) is 2.43. The van der Waals surface area contributed by atoms with Gasteiger partial charge in [0, 0.05) is 23.1 Å². The molecular weight excluding hydrogens is 268 g/mol. The zero-order valence-corrected chi connectivity index (χ0v) is 11.8. The Morgan fingerprint density at radius 1 is 1.14 bits per heavy atom. The molecule has 0 fully saturated rings. The predicted molar refractivity (Wildman–Crippen MR) is 80.8 cm³/mol. The molecule has 1 aromatic heterocycles. The second-order valence-electron chi connectivity index (χ2n) is 4.84. The number of benzene rings is 2. The molecule has 3 N–H and O–H groups in total. The summed E-state index contributed by atoms with van der Waals surface area (Å²) in [4.78, 5) is 0. The molecule has 0 saturated heterocycles. The summed E-state index contributed by atoms with van der Waals surface area (Å²) in [5.74, 6) is 0.844. The molecule has 0 unspecified atom stereocenters. The summed E-state index contributed by atoms with van der Waals surface area (Å²) in [7, 11) is 1.61. The smallest absolute Gasteiger partial charge is 0.128 e. The topological polar surface area (TPSA) is 78.4 Å². The molecule has 0 bridgehead atoms. The van der Waals surface area contributed by atoms with Gasteiger partial charge in [0.1, 0.15) is 22.9 Å². The van der Waals surface area contributed by atoms with Crippen LogP contribution in [0, 0.1) is 0 Å². The molecule has 5 nitrogen and oxygen atoms in total. The van der Waals surface area contributed by atoms with Crippen molar-refractivity contribution in [2.75, 3.05) is 7.11 Å². The molecule has 108 valence electrons. The summed E-state index contributed by atoms with van der Waals surface area (Å²) in [6.07, 6.45) is 0.676. The van der Waals surface area contributed by atoms with Crippen LogP contribution in [0.25, 0.3) is 22.2 Å². The third-order valence-electron chi connectivity index (χ3n) is 3.60. The maximum absolute atomic E-state index is 10.1. The number of H-pyrrole nitrogens is 1. The van der Waals surface area contributed by atoms with Crippen molar-refractivity contribution in [3.63, 3.8) is 0 Å². The van der Waals surface area contributed by atoms with Gasteiger partial charge < -0.3 is 14.9 Å². The van der Waals surface area contributed by atoms with Gasteiger partial charge in [-0.05, 0) is 30.2 Å². The summed E-state index contributed by atoms with van der Waals surface area (Å²) in [5.41, 5.74) is 2.85. The predicted octanol–water partition coefficient (Wildman–Crippen LogP) is 3.21. The molecular formula is C16H16N2O3. The number of fused-ring (bicyclic) bond motifs is 1. The van der Waals surface area contributed by atoms with Crippen LogP contribution < -0.4 is 4.74 Å². The van der Waals surface area contributed by atoms with Crippen LogP contribution in [0.5, 0.6) is 17.2 Å². The number of hydrogen-bond donors (Lipinski definition) is 3. The molecule has 3 rings (SSSR count). The Morgan fingerprint density at radius 2 is 1.95 bits per heavy atom. The first-order valence-corrected chi connectivity index (χ1v) is 6.71. The van der Waals surface area contributed by atoms with E-state index >= 15 is 0 Å². The van der Waals surface area contributed by atoms with E-state index in [2.05, 4.69) is 10.2 Å². The number of phenolic OH excluding ortho intramolecular Hbond substituents is 2. The van der Waals surface area contributed by atoms with Crippen molar-refractivity contribution in [1.29, 1.82) is 0 Å². The van der Waals surface area contributed by atoms with Gasteiger partial charge in [-0.2, -0.15) is 5.10 Å². The van der Waals surface area contributed by atoms with Gasteiger partial charge in [-0.25, -0.2) is 0 Å². The van der Waals surface area contributed by atoms with E-state index in [1.165, 1.54) is 6.07 Å². The van der Waals surface area contributed by atoms with E-state index in [0.717, 1.165) is 22.2 Å². The normalized spacial score (nSPS) is 11.0. The number of nitrogens with zero attached hydrogens (tertiary/aromatic N) is 1. The number of aryl methyl sites for hydroxylation is 1. The minimum atomic E-state index is 0.00826. The number of ether oxygens (including phenoxy) is 1. The number of aromatic nitrogens is 2. The van der Waals surface area contributed by atoms with Crippen LogP contribution in [0.15, 0.2) is 30.3 Å². The quantitative estimate of drug-likeness (QED) is 0.690. The van der Waals surface area contributed by atoms with Gasteiger partial charge in [-0.15, -0.1) is 0 Å². The first-order valence-electron chi connectivity index (χ1n) is 6.71. The van der Waals surface area contributed by atoms with Crippen LogP contribution >= 0.6 is 0 Å². The maximum Gasteiger partial charge on any atom is 0.128 e. The van der Waals surface area contributed by atoms with Gasteiger partial charge in [-0.3, -0.25) is 5.10 Å². The lowest BCUT2D eigenvalue weighted by atomic mass is 10.0. The van der Waals surface area contributed by atoms with Crippen LogP contribution in [0.2, 0.25) is 0 Å². The molecule has 21 heavy (non-hydrogen) atoms. The van der Waals surface area contributed by atoms with Crippen LogP contribution in [0.1, 0.15) is 12.5 Å². The monoisotopic (exact) mass is 284 g/mol. The molecule has 0 amide bonds. The molecule has 0 spiro atoms. The van der Waals surface area contributed by atoms with Crippen LogP contribution in [-0.2, 0) is 6.42 Å². The van der Waals surface area contributed by atoms with Crippen molar-refractivity contribution < 1.29 is 14.9 Å². The zero-order chi connectivity index (χ0) is 15.0. The summed E-state index contributed by atoms with van der Waals surface area (Å²) >= 11 is 0. The summed E-state index contributed by atoms with van der Waals surface area (Å²) in [6.45, 7) is 1.95. The number of phenols is 2. The van der Waals surface area contributed by atoms with Crippen LogP contribution in [0.3, 0.4) is 0 Å². The van der Waals surface area contributed by atoms with Crippen molar-refractivity contribution in [2.24, 2.45) is 0 Å². The second-order valence-corrected chi connectivity index (χ2v) is 4.84. The van der Waals surface area contributed by atoms with Crippen molar-refractivity contribution >= 4 is 10.9 Å². The highest BCUT2D eigenvalue weighted by Gasteiger charge is 2.15. The number of hydrogen-bond acceptors (Lipinski definition) is 4. The summed E-state index contributed by atoms with van der Waals surface area (Å²) < 4.78 is 5.18.